The molecule has 1 fully saturated rings. The Balaban J connectivity index is 1.35. The van der Waals surface area contributed by atoms with E-state index < -0.39 is 30.3 Å². The van der Waals surface area contributed by atoms with Crippen molar-refractivity contribution in [2.45, 2.75) is 19.1 Å². The molecule has 0 aliphatic carbocycles. The van der Waals surface area contributed by atoms with Crippen LogP contribution in [0.4, 0.5) is 24.5 Å². The van der Waals surface area contributed by atoms with Crippen LogP contribution in [-0.2, 0) is 20.8 Å². The van der Waals surface area contributed by atoms with Crippen LogP contribution in [-0.4, -0.2) is 87.6 Å². The van der Waals surface area contributed by atoms with Gasteiger partial charge >= 0.3 is 6.61 Å². The second-order valence-corrected chi connectivity index (χ2v) is 11.5. The molecule has 0 radical (unpaired) electrons. The number of fused-ring (bicyclic) bond motifs is 1. The number of halogens is 4. The summed E-state index contributed by atoms with van der Waals surface area (Å²) < 4.78 is 46.1. The molecule has 12 nitrogen and oxygen atoms in total. The molecular formula is C32H28ClF3N8O4. The number of nitrogens with zero attached hydrogens (tertiary/aromatic N) is 7. The molecule has 16 heteroatoms. The third-order valence-corrected chi connectivity index (χ3v) is 8.37. The molecule has 4 aromatic rings. The van der Waals surface area contributed by atoms with Crippen molar-refractivity contribution in [3.63, 3.8) is 0 Å². The molecule has 2 aliphatic heterocycles. The van der Waals surface area contributed by atoms with Crippen molar-refractivity contribution in [2.75, 3.05) is 43.4 Å². The van der Waals surface area contributed by atoms with Gasteiger partial charge in [0.15, 0.2) is 5.82 Å². The van der Waals surface area contributed by atoms with Crippen LogP contribution in [0.25, 0.3) is 11.8 Å². The van der Waals surface area contributed by atoms with Crippen LogP contribution >= 0.6 is 11.6 Å². The Morgan fingerprint density at radius 2 is 1.85 bits per heavy atom. The lowest BCUT2D eigenvalue weighted by atomic mass is 9.89. The third-order valence-electron chi connectivity index (χ3n) is 8.08. The fourth-order valence-electron chi connectivity index (χ4n) is 5.84. The Bertz CT molecular complexity index is 1870. The number of hydrogen-bond acceptors (Lipinski definition) is 8. The standard InChI is InChI=1S/C32H28ClF3N8O4/c1-41-15-16-42(28(46)17-41)25-4-2-3-22-21(25)13-14-43(30(22)31(47)38-19-5-7-20(8-6-19)48-32(35)36)27(45)12-9-23-26(44-18-37-39-40-44)11-10-24(33)29(23)34/h2-12,18,30,32H,13-17H2,1H3,(H,38,47). The summed E-state index contributed by atoms with van der Waals surface area (Å²) in [4.78, 5) is 45.9. The molecule has 1 saturated heterocycles. The number of ether oxygens (including phenoxy) is 1. The van der Waals surface area contributed by atoms with Crippen molar-refractivity contribution in [1.82, 2.24) is 30.0 Å². The van der Waals surface area contributed by atoms with Gasteiger partial charge in [-0.05, 0) is 83.6 Å². The summed E-state index contributed by atoms with van der Waals surface area (Å²) >= 11 is 6.05. The average Bonchev–Trinajstić information content (AvgIpc) is 3.60. The van der Waals surface area contributed by atoms with Gasteiger partial charge in [0.05, 0.1) is 17.3 Å². The third kappa shape index (κ3) is 6.73. The van der Waals surface area contributed by atoms with Gasteiger partial charge in [0.2, 0.25) is 11.8 Å². The molecule has 1 aromatic heterocycles. The van der Waals surface area contributed by atoms with Gasteiger partial charge in [-0.2, -0.15) is 13.5 Å². The molecule has 248 valence electrons. The van der Waals surface area contributed by atoms with Gasteiger partial charge in [0.1, 0.15) is 18.1 Å². The van der Waals surface area contributed by atoms with Gasteiger partial charge in [-0.25, -0.2) is 4.39 Å². The van der Waals surface area contributed by atoms with E-state index in [1.807, 2.05) is 18.0 Å². The molecule has 0 spiro atoms. The molecule has 2 aliphatic rings. The first-order chi connectivity index (χ1) is 23.1. The number of carbonyl (C=O) groups excluding carboxylic acids is 3. The van der Waals surface area contributed by atoms with Crippen LogP contribution in [0.2, 0.25) is 5.02 Å². The number of tetrazole rings is 1. The number of alkyl halides is 2. The Labute approximate surface area is 277 Å². The smallest absolute Gasteiger partial charge is 0.387 e. The maximum Gasteiger partial charge on any atom is 0.387 e. The number of aromatic nitrogens is 4. The van der Waals surface area contributed by atoms with Crippen molar-refractivity contribution in [3.05, 3.63) is 94.5 Å². The molecule has 6 rings (SSSR count). The van der Waals surface area contributed by atoms with E-state index in [4.69, 9.17) is 11.6 Å². The highest BCUT2D eigenvalue weighted by molar-refractivity contribution is 6.31. The summed E-state index contributed by atoms with van der Waals surface area (Å²) in [6, 6.07) is 12.3. The maximum absolute atomic E-state index is 15.2. The van der Waals surface area contributed by atoms with Gasteiger partial charge in [-0.1, -0.05) is 23.7 Å². The lowest BCUT2D eigenvalue weighted by Crippen LogP contribution is -2.50. The molecule has 3 amide bonds. The Kier molecular flexibility index (Phi) is 9.41. The average molecular weight is 681 g/mol. The fraction of sp³-hybridized carbons (Fsp3) is 0.250. The van der Waals surface area contributed by atoms with E-state index in [2.05, 4.69) is 25.6 Å². The number of amides is 3. The summed E-state index contributed by atoms with van der Waals surface area (Å²) in [6.07, 6.45) is 3.97. The second-order valence-electron chi connectivity index (χ2n) is 11.1. The summed E-state index contributed by atoms with van der Waals surface area (Å²) in [5.41, 5.74) is 2.35. The predicted octanol–water partition coefficient (Wildman–Crippen LogP) is 4.11. The number of likely N-dealkylation sites (N-methyl/N-ethyl adjacent to an activating group) is 1. The molecule has 1 unspecified atom stereocenters. The van der Waals surface area contributed by atoms with Crippen molar-refractivity contribution in [1.29, 1.82) is 0 Å². The van der Waals surface area contributed by atoms with Crippen molar-refractivity contribution in [2.24, 2.45) is 0 Å². The molecule has 48 heavy (non-hydrogen) atoms. The van der Waals surface area contributed by atoms with E-state index in [0.717, 1.165) is 11.6 Å². The normalized spacial score (nSPS) is 16.8. The van der Waals surface area contributed by atoms with Crippen LogP contribution in [0.1, 0.15) is 22.7 Å². The van der Waals surface area contributed by atoms with E-state index in [1.165, 1.54) is 58.4 Å². The summed E-state index contributed by atoms with van der Waals surface area (Å²) in [5, 5.41) is 13.5. The van der Waals surface area contributed by atoms with E-state index in [1.54, 1.807) is 17.0 Å². The molecule has 0 saturated carbocycles. The van der Waals surface area contributed by atoms with Crippen molar-refractivity contribution in [3.8, 4) is 11.4 Å². The van der Waals surface area contributed by atoms with Gasteiger partial charge in [-0.3, -0.25) is 19.3 Å². The Morgan fingerprint density at radius 3 is 2.56 bits per heavy atom. The quantitative estimate of drug-likeness (QED) is 0.276. The van der Waals surface area contributed by atoms with Crippen LogP contribution in [0, 0.1) is 5.82 Å². The summed E-state index contributed by atoms with van der Waals surface area (Å²) in [6.45, 7) is -1.57. The van der Waals surface area contributed by atoms with Gasteiger partial charge in [-0.15, -0.1) is 5.10 Å². The van der Waals surface area contributed by atoms with Crippen LogP contribution in [0.15, 0.2) is 67.0 Å². The van der Waals surface area contributed by atoms with E-state index in [-0.39, 0.29) is 46.7 Å². The first kappa shape index (κ1) is 32.7. The van der Waals surface area contributed by atoms with Crippen LogP contribution in [0.3, 0.4) is 0 Å². The SMILES string of the molecule is CN1CCN(c2cccc3c2CCN(C(=O)C=Cc2c(-n4cnnn4)ccc(Cl)c2F)C3C(=O)Nc2ccc(OC(F)F)cc2)C(=O)C1. The number of anilines is 2. The lowest BCUT2D eigenvalue weighted by molar-refractivity contribution is -0.135. The Morgan fingerprint density at radius 1 is 1.06 bits per heavy atom. The number of hydrogen-bond donors (Lipinski definition) is 1. The fourth-order valence-corrected chi connectivity index (χ4v) is 6.00. The first-order valence-electron chi connectivity index (χ1n) is 14.8. The highest BCUT2D eigenvalue weighted by atomic mass is 35.5. The van der Waals surface area contributed by atoms with Crippen molar-refractivity contribution >= 4 is 46.8 Å². The van der Waals surface area contributed by atoms with Gasteiger partial charge in [0.25, 0.3) is 5.91 Å². The Hall–Kier alpha value is -5.28. The molecule has 1 atom stereocenters. The zero-order valence-electron chi connectivity index (χ0n) is 25.4. The van der Waals surface area contributed by atoms with Crippen LogP contribution in [0.5, 0.6) is 5.75 Å². The molecule has 3 aromatic carbocycles. The number of rotatable bonds is 8. The summed E-state index contributed by atoms with van der Waals surface area (Å²) in [7, 11) is 1.86. The van der Waals surface area contributed by atoms with Crippen molar-refractivity contribution < 1.29 is 32.3 Å². The van der Waals surface area contributed by atoms with Crippen LogP contribution < -0.4 is 15.0 Å². The topological polar surface area (TPSA) is 126 Å². The lowest BCUT2D eigenvalue weighted by Gasteiger charge is -2.39. The van der Waals surface area contributed by atoms with Gasteiger partial charge < -0.3 is 19.9 Å². The molecular weight excluding hydrogens is 653 g/mol. The predicted molar refractivity (Wildman–Crippen MR) is 169 cm³/mol. The molecule has 0 bridgehead atoms. The number of carbonyl (C=O) groups is 3. The maximum atomic E-state index is 15.2. The zero-order valence-corrected chi connectivity index (χ0v) is 26.1. The zero-order chi connectivity index (χ0) is 33.9. The minimum Gasteiger partial charge on any atom is -0.435 e. The summed E-state index contributed by atoms with van der Waals surface area (Å²) in [5.74, 6) is -2.18. The number of benzene rings is 3. The number of piperazine rings is 1. The molecule has 3 heterocycles. The second kappa shape index (κ2) is 13.8. The van der Waals surface area contributed by atoms with Gasteiger partial charge in [0, 0.05) is 42.6 Å². The minimum absolute atomic E-state index is 0.0523. The number of nitrogens with one attached hydrogen (secondary N) is 1. The van der Waals surface area contributed by atoms with E-state index in [9.17, 15) is 23.2 Å². The highest BCUT2D eigenvalue weighted by Crippen LogP contribution is 2.37. The monoisotopic (exact) mass is 680 g/mol. The van der Waals surface area contributed by atoms with E-state index >= 15 is 4.39 Å². The first-order valence-corrected chi connectivity index (χ1v) is 15.1. The van der Waals surface area contributed by atoms with E-state index in [0.29, 0.717) is 30.8 Å². The largest absolute Gasteiger partial charge is 0.435 e. The molecule has 1 N–H and O–H groups in total. The highest BCUT2D eigenvalue weighted by Gasteiger charge is 2.38. The minimum atomic E-state index is -3.01.